The minimum atomic E-state index is 0.258. The van der Waals surface area contributed by atoms with E-state index in [1.54, 1.807) is 0 Å². The van der Waals surface area contributed by atoms with Crippen molar-refractivity contribution >= 4 is 5.91 Å². The van der Waals surface area contributed by atoms with E-state index in [9.17, 15) is 4.79 Å². The van der Waals surface area contributed by atoms with Crippen LogP contribution >= 0.6 is 0 Å². The van der Waals surface area contributed by atoms with Crippen molar-refractivity contribution in [1.82, 2.24) is 15.1 Å². The number of carbonyl (C=O) groups excluding carboxylic acids is 1. The minimum absolute atomic E-state index is 0.258. The number of nitrogens with one attached hydrogen (secondary N) is 1. The van der Waals surface area contributed by atoms with Gasteiger partial charge in [0.15, 0.2) is 0 Å². The minimum Gasteiger partial charge on any atom is -0.342 e. The largest absolute Gasteiger partial charge is 0.342 e. The molecule has 1 amide bonds. The maximum Gasteiger partial charge on any atom is 0.227 e. The summed E-state index contributed by atoms with van der Waals surface area (Å²) in [4.78, 5) is 17.1. The van der Waals surface area contributed by atoms with E-state index in [-0.39, 0.29) is 5.92 Å². The molecule has 102 valence electrons. The fraction of sp³-hybridized carbons (Fsp3) is 0.929. The van der Waals surface area contributed by atoms with Crippen molar-refractivity contribution < 1.29 is 4.79 Å². The number of hydrogen-bond acceptors (Lipinski definition) is 3. The van der Waals surface area contributed by atoms with Crippen molar-refractivity contribution in [2.75, 3.05) is 39.3 Å². The Morgan fingerprint density at radius 3 is 2.33 bits per heavy atom. The molecule has 0 radical (unpaired) electrons. The third-order valence-corrected chi connectivity index (χ3v) is 4.84. The average molecular weight is 251 g/mol. The van der Waals surface area contributed by atoms with E-state index in [1.807, 2.05) is 0 Å². The van der Waals surface area contributed by atoms with Gasteiger partial charge in [-0.15, -0.1) is 0 Å². The highest BCUT2D eigenvalue weighted by Gasteiger charge is 2.32. The zero-order valence-electron chi connectivity index (χ0n) is 11.2. The van der Waals surface area contributed by atoms with Crippen molar-refractivity contribution in [2.24, 2.45) is 5.92 Å². The summed E-state index contributed by atoms with van der Waals surface area (Å²) in [5.74, 6) is 0.660. The van der Waals surface area contributed by atoms with E-state index < -0.39 is 0 Å². The van der Waals surface area contributed by atoms with Crippen LogP contribution in [-0.4, -0.2) is 61.0 Å². The Bertz CT molecular complexity index is 287. The second kappa shape index (κ2) is 5.57. The molecule has 1 unspecified atom stereocenters. The van der Waals surface area contributed by atoms with Gasteiger partial charge in [-0.25, -0.2) is 0 Å². The van der Waals surface area contributed by atoms with Crippen LogP contribution in [-0.2, 0) is 4.79 Å². The molecule has 1 N–H and O–H groups in total. The highest BCUT2D eigenvalue weighted by molar-refractivity contribution is 5.79. The van der Waals surface area contributed by atoms with Crippen molar-refractivity contribution in [3.63, 3.8) is 0 Å². The molecule has 3 aliphatic heterocycles. The van der Waals surface area contributed by atoms with Crippen molar-refractivity contribution in [3.8, 4) is 0 Å². The van der Waals surface area contributed by atoms with E-state index in [2.05, 4.69) is 15.1 Å². The zero-order chi connectivity index (χ0) is 12.4. The van der Waals surface area contributed by atoms with E-state index in [0.29, 0.717) is 5.91 Å². The summed E-state index contributed by atoms with van der Waals surface area (Å²) in [5.41, 5.74) is 0. The molecule has 0 bridgehead atoms. The summed E-state index contributed by atoms with van der Waals surface area (Å²) in [6, 6.07) is 0.748. The number of piperidine rings is 1. The molecule has 3 rings (SSSR count). The molecule has 3 aliphatic rings. The molecule has 3 heterocycles. The van der Waals surface area contributed by atoms with Crippen LogP contribution in [0.2, 0.25) is 0 Å². The highest BCUT2D eigenvalue weighted by atomic mass is 16.2. The number of rotatable bonds is 2. The molecule has 0 aromatic rings. The Morgan fingerprint density at radius 1 is 1.00 bits per heavy atom. The monoisotopic (exact) mass is 251 g/mol. The second-order valence-corrected chi connectivity index (χ2v) is 5.99. The van der Waals surface area contributed by atoms with Gasteiger partial charge < -0.3 is 15.1 Å². The van der Waals surface area contributed by atoms with E-state index >= 15 is 0 Å². The van der Waals surface area contributed by atoms with Crippen LogP contribution in [0.25, 0.3) is 0 Å². The van der Waals surface area contributed by atoms with Gasteiger partial charge in [-0.1, -0.05) is 0 Å². The Balaban J connectivity index is 1.48. The number of likely N-dealkylation sites (tertiary alicyclic amines) is 2. The highest BCUT2D eigenvalue weighted by Crippen LogP contribution is 2.22. The Hall–Kier alpha value is -0.610. The fourth-order valence-corrected chi connectivity index (χ4v) is 3.68. The topological polar surface area (TPSA) is 35.6 Å². The lowest BCUT2D eigenvalue weighted by molar-refractivity contribution is -0.136. The Labute approximate surface area is 110 Å². The normalized spacial score (nSPS) is 31.1. The van der Waals surface area contributed by atoms with Crippen molar-refractivity contribution in [3.05, 3.63) is 0 Å². The van der Waals surface area contributed by atoms with Crippen molar-refractivity contribution in [1.29, 1.82) is 0 Å². The summed E-state index contributed by atoms with van der Waals surface area (Å²) in [6.45, 7) is 6.44. The summed E-state index contributed by atoms with van der Waals surface area (Å²) in [6.07, 6.45) is 6.14. The summed E-state index contributed by atoms with van der Waals surface area (Å²) >= 11 is 0. The molecule has 0 aliphatic carbocycles. The standard InChI is InChI=1S/C14H25N3O/c18-14(12-3-6-15-11-12)17-9-4-13(5-10-17)16-7-1-2-8-16/h12-13,15H,1-11H2. The molecular weight excluding hydrogens is 226 g/mol. The number of hydrogen-bond donors (Lipinski definition) is 1. The summed E-state index contributed by atoms with van der Waals surface area (Å²) < 4.78 is 0. The fourth-order valence-electron chi connectivity index (χ4n) is 3.68. The lowest BCUT2D eigenvalue weighted by atomic mass is 10.0. The SMILES string of the molecule is O=C(C1CCNC1)N1CCC(N2CCCC2)CC1. The lowest BCUT2D eigenvalue weighted by Crippen LogP contribution is -2.47. The molecule has 0 saturated carbocycles. The molecule has 0 aromatic heterocycles. The second-order valence-electron chi connectivity index (χ2n) is 5.99. The number of carbonyl (C=O) groups is 1. The maximum absolute atomic E-state index is 12.3. The quantitative estimate of drug-likeness (QED) is 0.784. The van der Waals surface area contributed by atoms with Gasteiger partial charge >= 0.3 is 0 Å². The number of amides is 1. The smallest absolute Gasteiger partial charge is 0.227 e. The molecular formula is C14H25N3O. The third kappa shape index (κ3) is 2.54. The van der Waals surface area contributed by atoms with Gasteiger partial charge in [0.1, 0.15) is 0 Å². The van der Waals surface area contributed by atoms with Crippen LogP contribution in [0.4, 0.5) is 0 Å². The first kappa shape index (κ1) is 12.4. The first-order valence-corrected chi connectivity index (χ1v) is 7.58. The zero-order valence-corrected chi connectivity index (χ0v) is 11.2. The molecule has 0 spiro atoms. The average Bonchev–Trinajstić information content (AvgIpc) is 3.11. The Kier molecular flexibility index (Phi) is 3.85. The Morgan fingerprint density at radius 2 is 1.72 bits per heavy atom. The molecule has 0 aromatic carbocycles. The van der Waals surface area contributed by atoms with Gasteiger partial charge in [0.2, 0.25) is 5.91 Å². The molecule has 3 saturated heterocycles. The molecule has 4 heteroatoms. The third-order valence-electron chi connectivity index (χ3n) is 4.84. The van der Waals surface area contributed by atoms with E-state index in [4.69, 9.17) is 0 Å². The summed E-state index contributed by atoms with van der Waals surface area (Å²) in [7, 11) is 0. The van der Waals surface area contributed by atoms with Crippen molar-refractivity contribution in [2.45, 2.75) is 38.1 Å². The van der Waals surface area contributed by atoms with Gasteiger partial charge in [-0.05, 0) is 51.7 Å². The predicted molar refractivity (Wildman–Crippen MR) is 71.4 cm³/mol. The van der Waals surface area contributed by atoms with Gasteiger partial charge in [0, 0.05) is 25.7 Å². The van der Waals surface area contributed by atoms with Crippen LogP contribution < -0.4 is 5.32 Å². The van der Waals surface area contributed by atoms with Crippen LogP contribution in [0.1, 0.15) is 32.1 Å². The van der Waals surface area contributed by atoms with Crippen LogP contribution in [0.15, 0.2) is 0 Å². The first-order chi connectivity index (χ1) is 8.84. The van der Waals surface area contributed by atoms with Crippen LogP contribution in [0, 0.1) is 5.92 Å². The van der Waals surface area contributed by atoms with Crippen LogP contribution in [0.3, 0.4) is 0 Å². The summed E-state index contributed by atoms with van der Waals surface area (Å²) in [5, 5.41) is 3.29. The maximum atomic E-state index is 12.3. The predicted octanol–water partition coefficient (Wildman–Crippen LogP) is 0.683. The van der Waals surface area contributed by atoms with Gasteiger partial charge in [0.25, 0.3) is 0 Å². The van der Waals surface area contributed by atoms with E-state index in [0.717, 1.165) is 38.6 Å². The number of nitrogens with zero attached hydrogens (tertiary/aromatic N) is 2. The molecule has 18 heavy (non-hydrogen) atoms. The van der Waals surface area contributed by atoms with Gasteiger partial charge in [-0.3, -0.25) is 4.79 Å². The molecule has 3 fully saturated rings. The van der Waals surface area contributed by atoms with Gasteiger partial charge in [0.05, 0.1) is 5.92 Å². The molecule has 1 atom stereocenters. The van der Waals surface area contributed by atoms with Gasteiger partial charge in [-0.2, -0.15) is 0 Å². The van der Waals surface area contributed by atoms with E-state index in [1.165, 1.54) is 38.8 Å². The van der Waals surface area contributed by atoms with Crippen LogP contribution in [0.5, 0.6) is 0 Å². The lowest BCUT2D eigenvalue weighted by Gasteiger charge is -2.37. The molecule has 4 nitrogen and oxygen atoms in total. The first-order valence-electron chi connectivity index (χ1n) is 7.58.